The zero-order valence-corrected chi connectivity index (χ0v) is 13.1. The van der Waals surface area contributed by atoms with Crippen molar-refractivity contribution in [2.24, 2.45) is 0 Å². The second-order valence-electron chi connectivity index (χ2n) is 5.64. The van der Waals surface area contributed by atoms with Gasteiger partial charge in [-0.05, 0) is 36.6 Å². The van der Waals surface area contributed by atoms with Gasteiger partial charge in [-0.1, -0.05) is 42.5 Å². The number of aryl methyl sites for hydroxylation is 1. The predicted molar refractivity (Wildman–Crippen MR) is 90.0 cm³/mol. The first-order chi connectivity index (χ1) is 10.6. The van der Waals surface area contributed by atoms with Crippen LogP contribution in [0.3, 0.4) is 0 Å². The van der Waals surface area contributed by atoms with E-state index in [0.29, 0.717) is 5.70 Å². The Morgan fingerprint density at radius 1 is 1.05 bits per heavy atom. The lowest BCUT2D eigenvalue weighted by molar-refractivity contribution is 0.367. The number of allylic oxidation sites excluding steroid dienone is 1. The first-order valence-corrected chi connectivity index (χ1v) is 7.41. The number of rotatable bonds is 2. The molecule has 0 radical (unpaired) electrons. The van der Waals surface area contributed by atoms with Crippen molar-refractivity contribution in [1.29, 1.82) is 5.26 Å². The highest BCUT2D eigenvalue weighted by Crippen LogP contribution is 2.33. The lowest BCUT2D eigenvalue weighted by Crippen LogP contribution is -2.34. The molecule has 0 bridgehead atoms. The fourth-order valence-electron chi connectivity index (χ4n) is 2.79. The van der Waals surface area contributed by atoms with E-state index >= 15 is 0 Å². The predicted octanol–water partition coefficient (Wildman–Crippen LogP) is 4.12. The van der Waals surface area contributed by atoms with Crippen LogP contribution in [0.2, 0.25) is 0 Å². The number of nitrogens with zero attached hydrogens (tertiary/aromatic N) is 3. The minimum atomic E-state index is 0.138. The van der Waals surface area contributed by atoms with Gasteiger partial charge in [0.05, 0.1) is 0 Å². The lowest BCUT2D eigenvalue weighted by Gasteiger charge is -2.28. The van der Waals surface area contributed by atoms with Crippen molar-refractivity contribution in [3.63, 3.8) is 0 Å². The molecule has 0 spiro atoms. The van der Waals surface area contributed by atoms with Gasteiger partial charge >= 0.3 is 0 Å². The van der Waals surface area contributed by atoms with E-state index in [0.717, 1.165) is 5.69 Å². The summed E-state index contributed by atoms with van der Waals surface area (Å²) < 4.78 is 0. The van der Waals surface area contributed by atoms with Crippen LogP contribution < -0.4 is 4.90 Å². The molecule has 0 aromatic heterocycles. The average Bonchev–Trinajstić information content (AvgIpc) is 2.84. The van der Waals surface area contributed by atoms with Gasteiger partial charge in [0.2, 0.25) is 0 Å². The largest absolute Gasteiger partial charge is 0.344 e. The molecule has 3 heteroatoms. The Kier molecular flexibility index (Phi) is 3.60. The average molecular weight is 289 g/mol. The highest BCUT2D eigenvalue weighted by atomic mass is 15.4. The standard InChI is InChI=1S/C19H19N3/c1-14-9-10-17(16-7-5-4-6-8-16)11-19(14)22-13-18(12-20)21(3)15(22)2/h4-11,13,15H,1-3H3/t15-/m0/s1. The smallest absolute Gasteiger partial charge is 0.134 e. The zero-order valence-electron chi connectivity index (χ0n) is 13.1. The summed E-state index contributed by atoms with van der Waals surface area (Å²) in [7, 11) is 1.95. The molecule has 110 valence electrons. The van der Waals surface area contributed by atoms with Crippen LogP contribution in [0.25, 0.3) is 11.1 Å². The second-order valence-corrected chi connectivity index (χ2v) is 5.64. The van der Waals surface area contributed by atoms with E-state index in [1.54, 1.807) is 0 Å². The van der Waals surface area contributed by atoms with Crippen LogP contribution in [0.1, 0.15) is 12.5 Å². The molecule has 2 aromatic rings. The van der Waals surface area contributed by atoms with Crippen LogP contribution >= 0.6 is 0 Å². The van der Waals surface area contributed by atoms with E-state index in [9.17, 15) is 5.26 Å². The van der Waals surface area contributed by atoms with E-state index in [2.05, 4.69) is 67.3 Å². The maximum Gasteiger partial charge on any atom is 0.134 e. The van der Waals surface area contributed by atoms with Gasteiger partial charge in [-0.2, -0.15) is 5.26 Å². The molecule has 1 atom stereocenters. The Labute approximate surface area is 131 Å². The molecule has 3 nitrogen and oxygen atoms in total. The number of benzene rings is 2. The molecule has 0 saturated carbocycles. The van der Waals surface area contributed by atoms with Crippen molar-refractivity contribution < 1.29 is 0 Å². The van der Waals surface area contributed by atoms with E-state index in [1.807, 2.05) is 24.2 Å². The third kappa shape index (κ3) is 2.33. The van der Waals surface area contributed by atoms with E-state index in [4.69, 9.17) is 0 Å². The molecular formula is C19H19N3. The Balaban J connectivity index is 2.05. The molecule has 0 unspecified atom stereocenters. The van der Waals surface area contributed by atoms with Crippen LogP contribution in [0.15, 0.2) is 60.4 Å². The topological polar surface area (TPSA) is 30.3 Å². The maximum atomic E-state index is 9.23. The van der Waals surface area contributed by atoms with Crippen molar-refractivity contribution in [1.82, 2.24) is 4.90 Å². The summed E-state index contributed by atoms with van der Waals surface area (Å²) in [6.45, 7) is 4.21. The van der Waals surface area contributed by atoms with Crippen LogP contribution in [0.5, 0.6) is 0 Å². The summed E-state index contributed by atoms with van der Waals surface area (Å²) in [5, 5.41) is 9.23. The summed E-state index contributed by atoms with van der Waals surface area (Å²) in [5.41, 5.74) is 5.43. The van der Waals surface area contributed by atoms with Crippen LogP contribution in [0, 0.1) is 18.3 Å². The fourth-order valence-corrected chi connectivity index (χ4v) is 2.79. The molecule has 22 heavy (non-hydrogen) atoms. The molecule has 0 N–H and O–H groups in total. The fraction of sp³-hybridized carbons (Fsp3) is 0.211. The van der Waals surface area contributed by atoms with E-state index < -0.39 is 0 Å². The zero-order chi connectivity index (χ0) is 15.7. The van der Waals surface area contributed by atoms with Crippen molar-refractivity contribution >= 4 is 5.69 Å². The third-order valence-corrected chi connectivity index (χ3v) is 4.31. The Morgan fingerprint density at radius 3 is 2.41 bits per heavy atom. The number of hydrogen-bond donors (Lipinski definition) is 0. The number of nitriles is 1. The normalized spacial score (nSPS) is 17.4. The van der Waals surface area contributed by atoms with E-state index in [-0.39, 0.29) is 6.17 Å². The summed E-state index contributed by atoms with van der Waals surface area (Å²) >= 11 is 0. The van der Waals surface area contributed by atoms with Gasteiger partial charge in [-0.3, -0.25) is 0 Å². The van der Waals surface area contributed by atoms with Gasteiger partial charge in [0.25, 0.3) is 0 Å². The van der Waals surface area contributed by atoms with Gasteiger partial charge < -0.3 is 9.80 Å². The molecular weight excluding hydrogens is 270 g/mol. The molecule has 0 aliphatic carbocycles. The highest BCUT2D eigenvalue weighted by molar-refractivity contribution is 5.72. The summed E-state index contributed by atoms with van der Waals surface area (Å²) in [6, 6.07) is 19.1. The Hall–Kier alpha value is -2.73. The molecule has 0 amide bonds. The number of anilines is 1. The van der Waals surface area contributed by atoms with Crippen molar-refractivity contribution in [2.75, 3.05) is 11.9 Å². The second kappa shape index (κ2) is 5.57. The number of hydrogen-bond acceptors (Lipinski definition) is 3. The Bertz CT molecular complexity index is 756. The van der Waals surface area contributed by atoms with E-state index in [1.165, 1.54) is 16.7 Å². The molecule has 2 aromatic carbocycles. The monoisotopic (exact) mass is 289 g/mol. The summed E-state index contributed by atoms with van der Waals surface area (Å²) in [4.78, 5) is 4.16. The van der Waals surface area contributed by atoms with Crippen LogP contribution in [-0.4, -0.2) is 18.1 Å². The molecule has 0 saturated heterocycles. The highest BCUT2D eigenvalue weighted by Gasteiger charge is 2.27. The Morgan fingerprint density at radius 2 is 1.77 bits per heavy atom. The minimum absolute atomic E-state index is 0.138. The van der Waals surface area contributed by atoms with Crippen LogP contribution in [-0.2, 0) is 0 Å². The molecule has 1 aliphatic rings. The van der Waals surface area contributed by atoms with Gasteiger partial charge in [0.15, 0.2) is 0 Å². The van der Waals surface area contributed by atoms with Crippen molar-refractivity contribution in [2.45, 2.75) is 20.0 Å². The molecule has 1 heterocycles. The van der Waals surface area contributed by atoms with Gasteiger partial charge in [0.1, 0.15) is 17.9 Å². The maximum absolute atomic E-state index is 9.23. The first-order valence-electron chi connectivity index (χ1n) is 7.41. The van der Waals surface area contributed by atoms with Gasteiger partial charge in [0, 0.05) is 18.9 Å². The quantitative estimate of drug-likeness (QED) is 0.833. The van der Waals surface area contributed by atoms with Crippen molar-refractivity contribution in [3.05, 3.63) is 66.0 Å². The van der Waals surface area contributed by atoms with Crippen LogP contribution in [0.4, 0.5) is 5.69 Å². The summed E-state index contributed by atoms with van der Waals surface area (Å²) in [5.74, 6) is 0. The summed E-state index contributed by atoms with van der Waals surface area (Å²) in [6.07, 6.45) is 2.07. The van der Waals surface area contributed by atoms with Crippen molar-refractivity contribution in [3.8, 4) is 17.2 Å². The van der Waals surface area contributed by atoms with Gasteiger partial charge in [-0.25, -0.2) is 0 Å². The molecule has 1 aliphatic heterocycles. The SMILES string of the molecule is Cc1ccc(-c2ccccc2)cc1N1C=C(C#N)N(C)[C@@H]1C. The first kappa shape index (κ1) is 14.2. The van der Waals surface area contributed by atoms with Gasteiger partial charge in [-0.15, -0.1) is 0 Å². The molecule has 0 fully saturated rings. The lowest BCUT2D eigenvalue weighted by atomic mass is 10.0. The molecule has 3 rings (SSSR count). The third-order valence-electron chi connectivity index (χ3n) is 4.31. The minimum Gasteiger partial charge on any atom is -0.344 e.